The van der Waals surface area contributed by atoms with E-state index in [4.69, 9.17) is 0 Å². The Kier molecular flexibility index (Phi) is 4.62. The van der Waals surface area contributed by atoms with E-state index in [1.54, 1.807) is 31.3 Å². The first-order valence-electron chi connectivity index (χ1n) is 8.28. The van der Waals surface area contributed by atoms with Gasteiger partial charge in [-0.05, 0) is 36.8 Å². The Labute approximate surface area is 138 Å². The Morgan fingerprint density at radius 2 is 2.00 bits per heavy atom. The van der Waals surface area contributed by atoms with Crippen LogP contribution >= 0.6 is 0 Å². The fourth-order valence-corrected chi connectivity index (χ4v) is 4.75. The molecule has 0 bridgehead atoms. The second-order valence-corrected chi connectivity index (χ2v) is 8.74. The lowest BCUT2D eigenvalue weighted by molar-refractivity contribution is 0.151. The Hall–Kier alpha value is -1.56. The van der Waals surface area contributed by atoms with Gasteiger partial charge in [0.2, 0.25) is 0 Å². The van der Waals surface area contributed by atoms with Crippen LogP contribution in [0.4, 0.5) is 0 Å². The fraction of sp³-hybridized carbons (Fsp3) is 0.588. The zero-order valence-electron chi connectivity index (χ0n) is 13.7. The lowest BCUT2D eigenvalue weighted by Crippen LogP contribution is -2.43. The Bertz CT molecular complexity index is 666. The van der Waals surface area contributed by atoms with Gasteiger partial charge in [-0.15, -0.1) is 0 Å². The van der Waals surface area contributed by atoms with Gasteiger partial charge in [0, 0.05) is 26.7 Å². The maximum Gasteiger partial charge on any atom is 0.193 e. The van der Waals surface area contributed by atoms with Crippen LogP contribution in [0.1, 0.15) is 25.7 Å². The fourth-order valence-electron chi connectivity index (χ4n) is 3.58. The molecule has 1 aliphatic heterocycles. The molecular weight excluding hydrogens is 310 g/mol. The highest BCUT2D eigenvalue weighted by atomic mass is 32.2. The number of rotatable bonds is 4. The van der Waals surface area contributed by atoms with Crippen LogP contribution in [0.5, 0.6) is 0 Å². The minimum absolute atomic E-state index is 0.0784. The second kappa shape index (κ2) is 6.51. The van der Waals surface area contributed by atoms with Crippen molar-refractivity contribution in [2.24, 2.45) is 10.4 Å². The van der Waals surface area contributed by atoms with Crippen LogP contribution in [0.15, 0.2) is 40.2 Å². The summed E-state index contributed by atoms with van der Waals surface area (Å²) in [5.74, 6) is 0.909. The lowest BCUT2D eigenvalue weighted by atomic mass is 9.68. The molecule has 1 aromatic rings. The molecule has 0 aromatic heterocycles. The molecule has 1 N–H and O–H groups in total. The number of sulfone groups is 1. The van der Waals surface area contributed by atoms with Crippen molar-refractivity contribution in [1.29, 1.82) is 0 Å². The van der Waals surface area contributed by atoms with Crippen molar-refractivity contribution < 1.29 is 8.42 Å². The van der Waals surface area contributed by atoms with Crippen molar-refractivity contribution >= 4 is 15.8 Å². The van der Waals surface area contributed by atoms with Crippen LogP contribution in [0.3, 0.4) is 0 Å². The first-order valence-corrected chi connectivity index (χ1v) is 9.93. The zero-order chi connectivity index (χ0) is 16.3. The summed E-state index contributed by atoms with van der Waals surface area (Å²) in [7, 11) is -1.48. The molecule has 2 aliphatic rings. The van der Waals surface area contributed by atoms with Crippen molar-refractivity contribution in [1.82, 2.24) is 10.2 Å². The number of hydrogen-bond donors (Lipinski definition) is 1. The number of likely N-dealkylation sites (tertiary alicyclic amines) is 1. The predicted molar refractivity (Wildman–Crippen MR) is 92.3 cm³/mol. The average molecular weight is 335 g/mol. The molecule has 1 aliphatic carbocycles. The summed E-state index contributed by atoms with van der Waals surface area (Å²) in [6.07, 6.45) is 5.22. The highest BCUT2D eigenvalue weighted by molar-refractivity contribution is 7.91. The monoisotopic (exact) mass is 335 g/mol. The quantitative estimate of drug-likeness (QED) is 0.674. The molecular formula is C17H25N3O2S. The smallest absolute Gasteiger partial charge is 0.193 e. The summed E-state index contributed by atoms with van der Waals surface area (Å²) in [6, 6.07) is 8.61. The summed E-state index contributed by atoms with van der Waals surface area (Å²) in [5, 5.41) is 3.22. The molecule has 1 spiro atoms. The van der Waals surface area contributed by atoms with Crippen LogP contribution in [-0.2, 0) is 9.84 Å². The van der Waals surface area contributed by atoms with Crippen molar-refractivity contribution in [3.63, 3.8) is 0 Å². The molecule has 1 heterocycles. The number of guanidine groups is 1. The van der Waals surface area contributed by atoms with Crippen LogP contribution in [-0.4, -0.2) is 51.7 Å². The van der Waals surface area contributed by atoms with Gasteiger partial charge in [-0.2, -0.15) is 0 Å². The molecule has 3 rings (SSSR count). The molecule has 23 heavy (non-hydrogen) atoms. The molecule has 0 radical (unpaired) electrons. The van der Waals surface area contributed by atoms with Crippen LogP contribution in [0, 0.1) is 5.41 Å². The van der Waals surface area contributed by atoms with E-state index >= 15 is 0 Å². The highest BCUT2D eigenvalue weighted by Crippen LogP contribution is 2.47. The van der Waals surface area contributed by atoms with Gasteiger partial charge in [-0.3, -0.25) is 4.99 Å². The summed E-state index contributed by atoms with van der Waals surface area (Å²) in [5.41, 5.74) is 0.508. The van der Waals surface area contributed by atoms with Crippen LogP contribution in [0.2, 0.25) is 0 Å². The van der Waals surface area contributed by atoms with Gasteiger partial charge in [0.25, 0.3) is 0 Å². The summed E-state index contributed by atoms with van der Waals surface area (Å²) < 4.78 is 24.6. The van der Waals surface area contributed by atoms with Crippen molar-refractivity contribution in [3.8, 4) is 0 Å². The van der Waals surface area contributed by atoms with E-state index in [-0.39, 0.29) is 5.75 Å². The molecule has 5 nitrogen and oxygen atoms in total. The summed E-state index contributed by atoms with van der Waals surface area (Å²) in [6.45, 7) is 2.45. The van der Waals surface area contributed by atoms with E-state index in [1.165, 1.54) is 25.7 Å². The Balaban J connectivity index is 1.53. The Morgan fingerprint density at radius 3 is 2.57 bits per heavy atom. The maximum absolute atomic E-state index is 12.3. The highest BCUT2D eigenvalue weighted by Gasteiger charge is 2.43. The number of nitrogens with one attached hydrogen (secondary N) is 1. The number of hydrogen-bond acceptors (Lipinski definition) is 3. The van der Waals surface area contributed by atoms with E-state index in [0.717, 1.165) is 19.0 Å². The second-order valence-electron chi connectivity index (χ2n) is 6.63. The maximum atomic E-state index is 12.3. The number of aliphatic imine (C=N–C) groups is 1. The summed E-state index contributed by atoms with van der Waals surface area (Å²) in [4.78, 5) is 6.98. The third-order valence-corrected chi connectivity index (χ3v) is 6.85. The molecule has 2 fully saturated rings. The average Bonchev–Trinajstić information content (AvgIpc) is 2.98. The van der Waals surface area contributed by atoms with E-state index in [0.29, 0.717) is 16.9 Å². The van der Waals surface area contributed by atoms with E-state index in [2.05, 4.69) is 15.2 Å². The molecule has 1 saturated heterocycles. The van der Waals surface area contributed by atoms with Crippen molar-refractivity contribution in [3.05, 3.63) is 30.3 Å². The van der Waals surface area contributed by atoms with E-state index in [9.17, 15) is 8.42 Å². The number of benzene rings is 1. The molecule has 0 atom stereocenters. The third kappa shape index (κ3) is 3.52. The molecule has 6 heteroatoms. The first-order chi connectivity index (χ1) is 11.0. The zero-order valence-corrected chi connectivity index (χ0v) is 14.5. The molecule has 126 valence electrons. The van der Waals surface area contributed by atoms with E-state index in [1.807, 2.05) is 6.07 Å². The van der Waals surface area contributed by atoms with Crippen LogP contribution < -0.4 is 5.32 Å². The van der Waals surface area contributed by atoms with Gasteiger partial charge in [-0.25, -0.2) is 8.42 Å². The topological polar surface area (TPSA) is 61.8 Å². The normalized spacial score (nSPS) is 20.6. The largest absolute Gasteiger partial charge is 0.355 e. The third-order valence-electron chi connectivity index (χ3n) is 5.12. The number of nitrogens with zero attached hydrogens (tertiary/aromatic N) is 2. The summed E-state index contributed by atoms with van der Waals surface area (Å²) >= 11 is 0. The van der Waals surface area contributed by atoms with Gasteiger partial charge in [-0.1, -0.05) is 24.6 Å². The van der Waals surface area contributed by atoms with Gasteiger partial charge >= 0.3 is 0 Å². The SMILES string of the molecule is CN=C(NCCS(=O)(=O)c1ccccc1)N1CCC2(CCC2)C1. The molecule has 1 aromatic carbocycles. The Morgan fingerprint density at radius 1 is 1.26 bits per heavy atom. The van der Waals surface area contributed by atoms with Gasteiger partial charge in [0.1, 0.15) is 0 Å². The molecule has 0 unspecified atom stereocenters. The van der Waals surface area contributed by atoms with Gasteiger partial charge in [0.05, 0.1) is 10.6 Å². The van der Waals surface area contributed by atoms with Crippen molar-refractivity contribution in [2.75, 3.05) is 32.4 Å². The van der Waals surface area contributed by atoms with Gasteiger partial charge < -0.3 is 10.2 Å². The van der Waals surface area contributed by atoms with Crippen LogP contribution in [0.25, 0.3) is 0 Å². The lowest BCUT2D eigenvalue weighted by Gasteiger charge is -2.38. The first kappa shape index (κ1) is 16.3. The molecule has 0 amide bonds. The van der Waals surface area contributed by atoms with Gasteiger partial charge in [0.15, 0.2) is 15.8 Å². The standard InChI is InChI=1S/C17H25N3O2S/c1-18-16(20-12-10-17(14-20)8-5-9-17)19-11-13-23(21,22)15-6-3-2-4-7-15/h2-4,6-7H,5,8-14H2,1H3,(H,18,19). The molecule has 1 saturated carbocycles. The minimum atomic E-state index is -3.24. The van der Waals surface area contributed by atoms with E-state index < -0.39 is 9.84 Å². The minimum Gasteiger partial charge on any atom is -0.355 e. The van der Waals surface area contributed by atoms with Crippen molar-refractivity contribution in [2.45, 2.75) is 30.6 Å². The predicted octanol–water partition coefficient (Wildman–Crippen LogP) is 1.91.